The van der Waals surface area contributed by atoms with E-state index in [1.54, 1.807) is 13.8 Å². The second kappa shape index (κ2) is 9.46. The Balaban J connectivity index is 1.49. The maximum atomic E-state index is 12.1. The maximum absolute atomic E-state index is 12.1. The molecule has 1 fully saturated rings. The molecule has 0 saturated carbocycles. The van der Waals surface area contributed by atoms with Crippen LogP contribution in [-0.2, 0) is 16.1 Å². The van der Waals surface area contributed by atoms with Gasteiger partial charge >= 0.3 is 0 Å². The molecule has 3 heterocycles. The monoisotopic (exact) mass is 401 g/mol. The molecule has 0 unspecified atom stereocenters. The average molecular weight is 401 g/mol. The largest absolute Gasteiger partial charge is 0.378 e. The zero-order valence-corrected chi connectivity index (χ0v) is 17.1. The first-order valence-corrected chi connectivity index (χ1v) is 9.65. The Labute approximate surface area is 169 Å². The van der Waals surface area contributed by atoms with Gasteiger partial charge < -0.3 is 20.3 Å². The highest BCUT2D eigenvalue weighted by Crippen LogP contribution is 2.16. The molecule has 1 amide bonds. The number of anilines is 2. The van der Waals surface area contributed by atoms with Crippen LogP contribution < -0.4 is 21.1 Å². The molecule has 1 aliphatic heterocycles. The van der Waals surface area contributed by atoms with Crippen LogP contribution in [0.15, 0.2) is 17.2 Å². The van der Waals surface area contributed by atoms with E-state index in [0.717, 1.165) is 24.6 Å². The van der Waals surface area contributed by atoms with Gasteiger partial charge in [-0.2, -0.15) is 4.98 Å². The summed E-state index contributed by atoms with van der Waals surface area (Å²) in [6, 6.07) is 1.95. The van der Waals surface area contributed by atoms with E-state index in [2.05, 4.69) is 30.5 Å². The molecule has 0 atom stereocenters. The number of rotatable bonds is 7. The van der Waals surface area contributed by atoms with Crippen molar-refractivity contribution >= 4 is 17.7 Å². The molecule has 156 valence electrons. The van der Waals surface area contributed by atoms with E-state index in [1.165, 1.54) is 10.9 Å². The Hall–Kier alpha value is -3.01. The number of morpholine rings is 1. The average Bonchev–Trinajstić information content (AvgIpc) is 2.72. The van der Waals surface area contributed by atoms with Crippen LogP contribution in [0.2, 0.25) is 0 Å². The molecule has 0 radical (unpaired) electrons. The lowest BCUT2D eigenvalue weighted by Crippen LogP contribution is -2.37. The molecule has 10 nitrogen and oxygen atoms in total. The number of hydrogen-bond acceptors (Lipinski definition) is 8. The number of ether oxygens (including phenoxy) is 1. The molecular weight excluding hydrogens is 374 g/mol. The number of nitrogens with one attached hydrogen (secondary N) is 2. The van der Waals surface area contributed by atoms with Crippen molar-refractivity contribution in [1.29, 1.82) is 0 Å². The van der Waals surface area contributed by atoms with Crippen molar-refractivity contribution in [2.24, 2.45) is 0 Å². The summed E-state index contributed by atoms with van der Waals surface area (Å²) in [4.78, 5) is 39.5. The third-order valence-corrected chi connectivity index (χ3v) is 4.74. The fraction of sp³-hybridized carbons (Fsp3) is 0.526. The molecule has 0 aromatic carbocycles. The molecule has 2 aromatic heterocycles. The number of hydrogen-bond donors (Lipinski definition) is 2. The number of nitrogens with zero attached hydrogens (tertiary/aromatic N) is 5. The molecule has 0 bridgehead atoms. The Morgan fingerprint density at radius 1 is 1.17 bits per heavy atom. The van der Waals surface area contributed by atoms with Gasteiger partial charge in [-0.05, 0) is 20.8 Å². The lowest BCUT2D eigenvalue weighted by molar-refractivity contribution is -0.121. The number of carbonyl (C=O) groups is 1. The Kier molecular flexibility index (Phi) is 6.76. The van der Waals surface area contributed by atoms with Crippen LogP contribution in [-0.4, -0.2) is 64.8 Å². The molecule has 1 saturated heterocycles. The van der Waals surface area contributed by atoms with E-state index in [9.17, 15) is 9.59 Å². The molecule has 1 aliphatic rings. The van der Waals surface area contributed by atoms with E-state index < -0.39 is 0 Å². The molecule has 29 heavy (non-hydrogen) atoms. The van der Waals surface area contributed by atoms with Crippen LogP contribution in [0.1, 0.15) is 17.0 Å². The highest BCUT2D eigenvalue weighted by Gasteiger charge is 2.14. The van der Waals surface area contributed by atoms with Gasteiger partial charge in [-0.3, -0.25) is 14.2 Å². The van der Waals surface area contributed by atoms with Gasteiger partial charge in [-0.25, -0.2) is 9.97 Å². The molecule has 3 rings (SSSR count). The SMILES string of the molecule is Cc1cc(N2CCOCC2)nc(NCCNC(=O)Cn2cnc(C)c(C)c2=O)n1. The van der Waals surface area contributed by atoms with Gasteiger partial charge in [0.25, 0.3) is 5.56 Å². The smallest absolute Gasteiger partial charge is 0.256 e. The quantitative estimate of drug-likeness (QED) is 0.625. The Bertz CT molecular complexity index is 923. The van der Waals surface area contributed by atoms with Gasteiger partial charge in [0.15, 0.2) is 0 Å². The van der Waals surface area contributed by atoms with Gasteiger partial charge in [0, 0.05) is 49.2 Å². The standard InChI is InChI=1S/C19H27N7O3/c1-13-10-16(25-6-8-29-9-7-25)24-19(23-13)21-5-4-20-17(27)11-26-12-22-15(3)14(2)18(26)28/h10,12H,4-9,11H2,1-3H3,(H,20,27)(H,21,23,24). The van der Waals surface area contributed by atoms with Crippen LogP contribution >= 0.6 is 0 Å². The third-order valence-electron chi connectivity index (χ3n) is 4.74. The minimum Gasteiger partial charge on any atom is -0.378 e. The number of carbonyl (C=O) groups excluding carboxylic acids is 1. The highest BCUT2D eigenvalue weighted by molar-refractivity contribution is 5.75. The predicted octanol–water partition coefficient (Wildman–Crippen LogP) is 0.0235. The van der Waals surface area contributed by atoms with Crippen LogP contribution in [0.25, 0.3) is 0 Å². The van der Waals surface area contributed by atoms with Crippen molar-refractivity contribution in [3.63, 3.8) is 0 Å². The topological polar surface area (TPSA) is 114 Å². The highest BCUT2D eigenvalue weighted by atomic mass is 16.5. The van der Waals surface area contributed by atoms with Crippen molar-refractivity contribution in [3.05, 3.63) is 39.7 Å². The summed E-state index contributed by atoms with van der Waals surface area (Å²) in [6.07, 6.45) is 1.40. The van der Waals surface area contributed by atoms with Crippen molar-refractivity contribution < 1.29 is 9.53 Å². The number of aryl methyl sites for hydroxylation is 2. The van der Waals surface area contributed by atoms with Crippen molar-refractivity contribution in [3.8, 4) is 0 Å². The lowest BCUT2D eigenvalue weighted by atomic mass is 10.3. The van der Waals surface area contributed by atoms with Crippen molar-refractivity contribution in [1.82, 2.24) is 24.8 Å². The maximum Gasteiger partial charge on any atom is 0.256 e. The molecule has 10 heteroatoms. The molecule has 2 N–H and O–H groups in total. The summed E-state index contributed by atoms with van der Waals surface area (Å²) < 4.78 is 6.69. The molecule has 2 aromatic rings. The van der Waals surface area contributed by atoms with Gasteiger partial charge in [-0.15, -0.1) is 0 Å². The first-order valence-electron chi connectivity index (χ1n) is 9.65. The van der Waals surface area contributed by atoms with E-state index >= 15 is 0 Å². The number of aromatic nitrogens is 4. The Morgan fingerprint density at radius 2 is 1.93 bits per heavy atom. The first-order chi connectivity index (χ1) is 13.9. The summed E-state index contributed by atoms with van der Waals surface area (Å²) in [5.74, 6) is 1.14. The van der Waals surface area contributed by atoms with E-state index in [1.807, 2.05) is 13.0 Å². The summed E-state index contributed by atoms with van der Waals surface area (Å²) >= 11 is 0. The van der Waals surface area contributed by atoms with E-state index in [-0.39, 0.29) is 18.0 Å². The minimum atomic E-state index is -0.252. The van der Waals surface area contributed by atoms with Crippen LogP contribution in [0, 0.1) is 20.8 Å². The predicted molar refractivity (Wildman–Crippen MR) is 109 cm³/mol. The summed E-state index contributed by atoms with van der Waals surface area (Å²) in [6.45, 7) is 9.18. The molecule has 0 spiro atoms. The van der Waals surface area contributed by atoms with Gasteiger partial charge in [0.05, 0.1) is 19.5 Å². The van der Waals surface area contributed by atoms with Crippen LogP contribution in [0.4, 0.5) is 11.8 Å². The summed E-state index contributed by atoms with van der Waals surface area (Å²) in [7, 11) is 0. The van der Waals surface area contributed by atoms with Crippen molar-refractivity contribution in [2.45, 2.75) is 27.3 Å². The molecular formula is C19H27N7O3. The number of amides is 1. The minimum absolute atomic E-state index is 0.0604. The fourth-order valence-corrected chi connectivity index (χ4v) is 2.96. The zero-order valence-electron chi connectivity index (χ0n) is 17.1. The van der Waals surface area contributed by atoms with E-state index in [0.29, 0.717) is 43.5 Å². The Morgan fingerprint density at radius 3 is 2.69 bits per heavy atom. The first kappa shape index (κ1) is 20.7. The van der Waals surface area contributed by atoms with E-state index in [4.69, 9.17) is 4.74 Å². The summed E-state index contributed by atoms with van der Waals surface area (Å²) in [5, 5.41) is 5.92. The van der Waals surface area contributed by atoms with Gasteiger partial charge in [-0.1, -0.05) is 0 Å². The summed E-state index contributed by atoms with van der Waals surface area (Å²) in [5.41, 5.74) is 1.89. The van der Waals surface area contributed by atoms with Crippen LogP contribution in [0.5, 0.6) is 0 Å². The zero-order chi connectivity index (χ0) is 20.8. The van der Waals surface area contributed by atoms with Gasteiger partial charge in [0.2, 0.25) is 11.9 Å². The molecule has 0 aliphatic carbocycles. The van der Waals surface area contributed by atoms with Gasteiger partial charge in [0.1, 0.15) is 12.4 Å². The second-order valence-corrected chi connectivity index (χ2v) is 6.96. The van der Waals surface area contributed by atoms with Crippen molar-refractivity contribution in [2.75, 3.05) is 49.6 Å². The fourth-order valence-electron chi connectivity index (χ4n) is 2.96. The normalized spacial score (nSPS) is 14.0. The lowest BCUT2D eigenvalue weighted by Gasteiger charge is -2.28. The third kappa shape index (κ3) is 5.50. The van der Waals surface area contributed by atoms with Crippen LogP contribution in [0.3, 0.4) is 0 Å². The second-order valence-electron chi connectivity index (χ2n) is 6.96.